The van der Waals surface area contributed by atoms with E-state index in [1.54, 1.807) is 0 Å². The molecule has 0 atom stereocenters. The van der Waals surface area contributed by atoms with E-state index in [0.29, 0.717) is 22.5 Å². The molecule has 134 valence electrons. The minimum absolute atomic E-state index is 0.0878. The van der Waals surface area contributed by atoms with Crippen molar-refractivity contribution in [3.63, 3.8) is 0 Å². The molecule has 1 N–H and O–H groups in total. The van der Waals surface area contributed by atoms with Gasteiger partial charge in [-0.2, -0.15) is 0 Å². The molecule has 2 aromatic carbocycles. The molecule has 3 rings (SSSR count). The summed E-state index contributed by atoms with van der Waals surface area (Å²) in [5, 5.41) is 8.98. The van der Waals surface area contributed by atoms with Crippen LogP contribution in [0.25, 0.3) is 11.0 Å². The molecule has 0 aliphatic rings. The molecule has 0 aliphatic carbocycles. The first-order chi connectivity index (χ1) is 12.3. The Morgan fingerprint density at radius 1 is 1.12 bits per heavy atom. The summed E-state index contributed by atoms with van der Waals surface area (Å²) in [6.07, 6.45) is 1.25. The van der Waals surface area contributed by atoms with Crippen LogP contribution in [0.2, 0.25) is 0 Å². The van der Waals surface area contributed by atoms with Crippen LogP contribution in [-0.2, 0) is 4.79 Å². The van der Waals surface area contributed by atoms with E-state index in [4.69, 9.17) is 19.0 Å². The van der Waals surface area contributed by atoms with Gasteiger partial charge < -0.3 is 19.0 Å². The Balaban J connectivity index is 1.96. The van der Waals surface area contributed by atoms with Gasteiger partial charge in [0.1, 0.15) is 23.3 Å². The quantitative estimate of drug-likeness (QED) is 0.746. The first-order valence-corrected chi connectivity index (χ1v) is 8.01. The number of hydrogen-bond acceptors (Lipinski definition) is 5. The molecule has 0 radical (unpaired) electrons. The normalized spacial score (nSPS) is 10.7. The highest BCUT2D eigenvalue weighted by Crippen LogP contribution is 2.28. The zero-order valence-corrected chi connectivity index (χ0v) is 14.7. The number of carbonyl (C=O) groups is 1. The molecule has 0 aliphatic heterocycles. The summed E-state index contributed by atoms with van der Waals surface area (Å²) < 4.78 is 16.4. The van der Waals surface area contributed by atoms with E-state index >= 15 is 0 Å². The molecule has 6 nitrogen and oxygen atoms in total. The number of rotatable bonds is 5. The zero-order valence-electron chi connectivity index (χ0n) is 14.7. The highest BCUT2D eigenvalue weighted by Gasteiger charge is 2.13. The smallest absolute Gasteiger partial charge is 0.341 e. The Bertz CT molecular complexity index is 1050. The summed E-state index contributed by atoms with van der Waals surface area (Å²) in [4.78, 5) is 23.2. The van der Waals surface area contributed by atoms with Crippen LogP contribution < -0.4 is 14.9 Å². The monoisotopic (exact) mass is 354 g/mol. The SMILES string of the molecule is Cc1cc(C)c(C)c(Oc2coc3cc(OCC(=O)O)ccc3c2=O)c1. The molecule has 0 fully saturated rings. The number of carboxylic acids is 1. The lowest BCUT2D eigenvalue weighted by Gasteiger charge is -2.12. The molecular weight excluding hydrogens is 336 g/mol. The largest absolute Gasteiger partial charge is 0.482 e. The fourth-order valence-corrected chi connectivity index (χ4v) is 2.62. The minimum Gasteiger partial charge on any atom is -0.482 e. The van der Waals surface area contributed by atoms with Crippen molar-refractivity contribution in [2.45, 2.75) is 20.8 Å². The molecule has 0 bridgehead atoms. The van der Waals surface area contributed by atoms with Gasteiger partial charge in [0.2, 0.25) is 11.2 Å². The lowest BCUT2D eigenvalue weighted by Crippen LogP contribution is -2.10. The molecule has 0 unspecified atom stereocenters. The second-order valence-corrected chi connectivity index (χ2v) is 6.08. The van der Waals surface area contributed by atoms with Gasteiger partial charge >= 0.3 is 5.97 Å². The fraction of sp³-hybridized carbons (Fsp3) is 0.200. The highest BCUT2D eigenvalue weighted by atomic mass is 16.5. The maximum absolute atomic E-state index is 12.7. The van der Waals surface area contributed by atoms with Crippen LogP contribution in [0.1, 0.15) is 16.7 Å². The Morgan fingerprint density at radius 3 is 2.62 bits per heavy atom. The first-order valence-electron chi connectivity index (χ1n) is 8.01. The lowest BCUT2D eigenvalue weighted by molar-refractivity contribution is -0.139. The minimum atomic E-state index is -1.08. The van der Waals surface area contributed by atoms with E-state index in [9.17, 15) is 9.59 Å². The van der Waals surface area contributed by atoms with Crippen molar-refractivity contribution in [1.82, 2.24) is 0 Å². The first kappa shape index (κ1) is 17.5. The van der Waals surface area contributed by atoms with Crippen LogP contribution in [0.15, 0.2) is 45.8 Å². The van der Waals surface area contributed by atoms with Gasteiger partial charge in [0.05, 0.1) is 5.39 Å². The average Bonchev–Trinajstić information content (AvgIpc) is 2.59. The number of carboxylic acid groups (broad SMARTS) is 1. The molecule has 26 heavy (non-hydrogen) atoms. The Hall–Kier alpha value is -3.28. The Labute approximate surface area is 149 Å². The van der Waals surface area contributed by atoms with E-state index in [-0.39, 0.29) is 11.2 Å². The Morgan fingerprint density at radius 2 is 1.88 bits per heavy atom. The van der Waals surface area contributed by atoms with Crippen LogP contribution in [0.5, 0.6) is 17.2 Å². The molecule has 0 saturated heterocycles. The molecule has 3 aromatic rings. The second-order valence-electron chi connectivity index (χ2n) is 6.08. The Kier molecular flexibility index (Phi) is 4.67. The van der Waals surface area contributed by atoms with E-state index in [2.05, 4.69) is 0 Å². The maximum Gasteiger partial charge on any atom is 0.341 e. The topological polar surface area (TPSA) is 86.0 Å². The fourth-order valence-electron chi connectivity index (χ4n) is 2.62. The summed E-state index contributed by atoms with van der Waals surface area (Å²) >= 11 is 0. The van der Waals surface area contributed by atoms with Gasteiger partial charge in [-0.3, -0.25) is 4.79 Å². The van der Waals surface area contributed by atoms with Crippen LogP contribution >= 0.6 is 0 Å². The van der Waals surface area contributed by atoms with Gasteiger partial charge in [-0.1, -0.05) is 6.07 Å². The van der Waals surface area contributed by atoms with E-state index in [1.807, 2.05) is 32.9 Å². The number of aliphatic carboxylic acids is 1. The summed E-state index contributed by atoms with van der Waals surface area (Å²) in [6, 6.07) is 8.44. The number of hydrogen-bond donors (Lipinski definition) is 1. The third kappa shape index (κ3) is 3.54. The van der Waals surface area contributed by atoms with Crippen molar-refractivity contribution >= 4 is 16.9 Å². The van der Waals surface area contributed by atoms with Crippen molar-refractivity contribution < 1.29 is 23.8 Å². The molecule has 0 saturated carbocycles. The highest BCUT2D eigenvalue weighted by molar-refractivity contribution is 5.79. The molecule has 1 aromatic heterocycles. The van der Waals surface area contributed by atoms with Gasteiger partial charge in [0.25, 0.3) is 0 Å². The van der Waals surface area contributed by atoms with Crippen molar-refractivity contribution in [2.75, 3.05) is 6.61 Å². The summed E-state index contributed by atoms with van der Waals surface area (Å²) in [5.74, 6) is -0.0821. The number of benzene rings is 2. The van der Waals surface area contributed by atoms with Gasteiger partial charge in [-0.05, 0) is 55.7 Å². The van der Waals surface area contributed by atoms with Crippen molar-refractivity contribution in [2.24, 2.45) is 0 Å². The van der Waals surface area contributed by atoms with Crippen molar-refractivity contribution in [3.05, 3.63) is 63.5 Å². The van der Waals surface area contributed by atoms with Crippen molar-refractivity contribution in [3.8, 4) is 17.2 Å². The molecule has 6 heteroatoms. The standard InChI is InChI=1S/C20H18O6/c1-11-6-12(2)13(3)16(7-11)26-18-9-25-17-8-14(24-10-19(21)22)4-5-15(17)20(18)23/h4-9H,10H2,1-3H3,(H,21,22). The lowest BCUT2D eigenvalue weighted by atomic mass is 10.1. The third-order valence-corrected chi connectivity index (χ3v) is 4.06. The molecule has 0 spiro atoms. The average molecular weight is 354 g/mol. The summed E-state index contributed by atoms with van der Waals surface area (Å²) in [7, 11) is 0. The van der Waals surface area contributed by atoms with Gasteiger partial charge in [-0.25, -0.2) is 4.79 Å². The van der Waals surface area contributed by atoms with E-state index < -0.39 is 12.6 Å². The predicted molar refractivity (Wildman–Crippen MR) is 96.3 cm³/mol. The van der Waals surface area contributed by atoms with Crippen LogP contribution in [0.3, 0.4) is 0 Å². The van der Waals surface area contributed by atoms with Crippen LogP contribution in [0.4, 0.5) is 0 Å². The van der Waals surface area contributed by atoms with Gasteiger partial charge in [0.15, 0.2) is 6.61 Å². The zero-order chi connectivity index (χ0) is 18.8. The van der Waals surface area contributed by atoms with Crippen molar-refractivity contribution in [1.29, 1.82) is 0 Å². The number of ether oxygens (including phenoxy) is 2. The van der Waals surface area contributed by atoms with Gasteiger partial charge in [-0.15, -0.1) is 0 Å². The van der Waals surface area contributed by atoms with Crippen LogP contribution in [-0.4, -0.2) is 17.7 Å². The molecular formula is C20H18O6. The van der Waals surface area contributed by atoms with Crippen LogP contribution in [0, 0.1) is 20.8 Å². The molecule has 1 heterocycles. The molecule has 0 amide bonds. The van der Waals surface area contributed by atoms with Gasteiger partial charge in [0, 0.05) is 6.07 Å². The van der Waals surface area contributed by atoms with E-state index in [0.717, 1.165) is 16.7 Å². The van der Waals surface area contributed by atoms with E-state index in [1.165, 1.54) is 24.5 Å². The number of fused-ring (bicyclic) bond motifs is 1. The second kappa shape index (κ2) is 6.92. The predicted octanol–water partition coefficient (Wildman–Crippen LogP) is 3.97. The number of aryl methyl sites for hydroxylation is 2. The maximum atomic E-state index is 12.7. The summed E-state index contributed by atoms with van der Waals surface area (Å²) in [5.41, 5.74) is 3.04. The summed E-state index contributed by atoms with van der Waals surface area (Å²) in [6.45, 7) is 5.40. The third-order valence-electron chi connectivity index (χ3n) is 4.06.